The normalized spacial score (nSPS) is 11.5. The number of aromatic nitrogens is 1. The standard InChI is InChI=1S/C15H25N3O/c1-6-16-14(19)13-9-12(7-8-17-13)18-10-15(4,5)11(2)3/h7-9,11H,6,10H2,1-5H3,(H,16,19)(H,17,18). The molecular weight excluding hydrogens is 238 g/mol. The second-order valence-electron chi connectivity index (χ2n) is 5.79. The van der Waals surface area contributed by atoms with Gasteiger partial charge < -0.3 is 10.6 Å². The number of rotatable bonds is 6. The smallest absolute Gasteiger partial charge is 0.269 e. The Labute approximate surface area is 116 Å². The van der Waals surface area contributed by atoms with Crippen molar-refractivity contribution in [1.82, 2.24) is 10.3 Å². The Kier molecular flexibility index (Phi) is 5.33. The number of pyridine rings is 1. The van der Waals surface area contributed by atoms with Crippen LogP contribution in [0.25, 0.3) is 0 Å². The molecule has 4 heteroatoms. The van der Waals surface area contributed by atoms with Crippen molar-refractivity contribution in [3.05, 3.63) is 24.0 Å². The zero-order valence-electron chi connectivity index (χ0n) is 12.6. The molecule has 0 bridgehead atoms. The van der Waals surface area contributed by atoms with Crippen molar-refractivity contribution in [3.8, 4) is 0 Å². The predicted molar refractivity (Wildman–Crippen MR) is 79.4 cm³/mol. The quantitative estimate of drug-likeness (QED) is 0.829. The zero-order chi connectivity index (χ0) is 14.5. The maximum atomic E-state index is 11.7. The van der Waals surface area contributed by atoms with Crippen LogP contribution in [0.1, 0.15) is 45.1 Å². The molecule has 0 unspecified atom stereocenters. The Balaban J connectivity index is 2.70. The summed E-state index contributed by atoms with van der Waals surface area (Å²) < 4.78 is 0. The van der Waals surface area contributed by atoms with Crippen molar-refractivity contribution in [1.29, 1.82) is 0 Å². The molecule has 0 saturated heterocycles. The lowest BCUT2D eigenvalue weighted by Crippen LogP contribution is -2.28. The first-order valence-corrected chi connectivity index (χ1v) is 6.85. The monoisotopic (exact) mass is 263 g/mol. The third-order valence-corrected chi connectivity index (χ3v) is 3.64. The van der Waals surface area contributed by atoms with E-state index in [0.717, 1.165) is 12.2 Å². The number of hydrogen-bond donors (Lipinski definition) is 2. The van der Waals surface area contributed by atoms with E-state index < -0.39 is 0 Å². The molecule has 106 valence electrons. The van der Waals surface area contributed by atoms with Crippen molar-refractivity contribution >= 4 is 11.6 Å². The van der Waals surface area contributed by atoms with E-state index in [9.17, 15) is 4.79 Å². The van der Waals surface area contributed by atoms with E-state index in [-0.39, 0.29) is 11.3 Å². The van der Waals surface area contributed by atoms with E-state index in [2.05, 4.69) is 43.3 Å². The molecule has 2 N–H and O–H groups in total. The molecule has 4 nitrogen and oxygen atoms in total. The van der Waals surface area contributed by atoms with Gasteiger partial charge >= 0.3 is 0 Å². The molecule has 1 aromatic rings. The largest absolute Gasteiger partial charge is 0.384 e. The van der Waals surface area contributed by atoms with E-state index in [1.807, 2.05) is 13.0 Å². The lowest BCUT2D eigenvalue weighted by molar-refractivity contribution is 0.0951. The van der Waals surface area contributed by atoms with E-state index in [1.165, 1.54) is 0 Å². The summed E-state index contributed by atoms with van der Waals surface area (Å²) >= 11 is 0. The average molecular weight is 263 g/mol. The Morgan fingerprint density at radius 3 is 2.68 bits per heavy atom. The van der Waals surface area contributed by atoms with Crippen LogP contribution in [0.3, 0.4) is 0 Å². The highest BCUT2D eigenvalue weighted by Crippen LogP contribution is 2.26. The highest BCUT2D eigenvalue weighted by Gasteiger charge is 2.21. The van der Waals surface area contributed by atoms with Gasteiger partial charge in [0, 0.05) is 25.0 Å². The summed E-state index contributed by atoms with van der Waals surface area (Å²) in [6.07, 6.45) is 1.66. The predicted octanol–water partition coefficient (Wildman–Crippen LogP) is 2.93. The Bertz CT molecular complexity index is 427. The van der Waals surface area contributed by atoms with Gasteiger partial charge in [0.05, 0.1) is 0 Å². The number of carbonyl (C=O) groups is 1. The summed E-state index contributed by atoms with van der Waals surface area (Å²) in [4.78, 5) is 15.8. The van der Waals surface area contributed by atoms with Crippen molar-refractivity contribution in [2.75, 3.05) is 18.4 Å². The minimum atomic E-state index is -0.130. The first-order valence-electron chi connectivity index (χ1n) is 6.85. The molecule has 1 amide bonds. The molecule has 0 aliphatic carbocycles. The Morgan fingerprint density at radius 2 is 2.11 bits per heavy atom. The SMILES string of the molecule is CCNC(=O)c1cc(NCC(C)(C)C(C)C)ccn1. The second kappa shape index (κ2) is 6.55. The number of anilines is 1. The van der Waals surface area contributed by atoms with Crippen LogP contribution in [-0.4, -0.2) is 24.0 Å². The molecule has 1 heterocycles. The number of nitrogens with zero attached hydrogens (tertiary/aromatic N) is 1. The van der Waals surface area contributed by atoms with Gasteiger partial charge in [0.2, 0.25) is 0 Å². The summed E-state index contributed by atoms with van der Waals surface area (Å²) in [5.41, 5.74) is 1.59. The Morgan fingerprint density at radius 1 is 1.42 bits per heavy atom. The van der Waals surface area contributed by atoms with Gasteiger partial charge in [-0.05, 0) is 30.4 Å². The highest BCUT2D eigenvalue weighted by atomic mass is 16.1. The summed E-state index contributed by atoms with van der Waals surface area (Å²) in [5, 5.41) is 6.13. The molecule has 0 aliphatic rings. The molecule has 0 saturated carbocycles. The zero-order valence-corrected chi connectivity index (χ0v) is 12.6. The van der Waals surface area contributed by atoms with Gasteiger partial charge in [0.1, 0.15) is 5.69 Å². The van der Waals surface area contributed by atoms with Gasteiger partial charge in [-0.3, -0.25) is 9.78 Å². The molecule has 0 aromatic carbocycles. The van der Waals surface area contributed by atoms with Gasteiger partial charge in [-0.2, -0.15) is 0 Å². The number of amides is 1. The summed E-state index contributed by atoms with van der Waals surface area (Å²) in [5.74, 6) is 0.457. The van der Waals surface area contributed by atoms with Crippen LogP contribution in [0.15, 0.2) is 18.3 Å². The molecular formula is C15H25N3O. The Hall–Kier alpha value is -1.58. The minimum Gasteiger partial charge on any atom is -0.384 e. The summed E-state index contributed by atoms with van der Waals surface area (Å²) in [6.45, 7) is 12.3. The van der Waals surface area contributed by atoms with Gasteiger partial charge in [-0.15, -0.1) is 0 Å². The van der Waals surface area contributed by atoms with E-state index in [0.29, 0.717) is 18.2 Å². The van der Waals surface area contributed by atoms with E-state index >= 15 is 0 Å². The fraction of sp³-hybridized carbons (Fsp3) is 0.600. The minimum absolute atomic E-state index is 0.130. The highest BCUT2D eigenvalue weighted by molar-refractivity contribution is 5.93. The van der Waals surface area contributed by atoms with Crippen molar-refractivity contribution in [3.63, 3.8) is 0 Å². The molecule has 0 radical (unpaired) electrons. The summed E-state index contributed by atoms with van der Waals surface area (Å²) in [6, 6.07) is 3.68. The van der Waals surface area contributed by atoms with Crippen LogP contribution in [0.2, 0.25) is 0 Å². The molecule has 0 aliphatic heterocycles. The number of hydrogen-bond acceptors (Lipinski definition) is 3. The van der Waals surface area contributed by atoms with Crippen LogP contribution >= 0.6 is 0 Å². The maximum absolute atomic E-state index is 11.7. The first-order chi connectivity index (χ1) is 8.86. The third-order valence-electron chi connectivity index (χ3n) is 3.64. The molecule has 19 heavy (non-hydrogen) atoms. The van der Waals surface area contributed by atoms with Crippen LogP contribution in [0.5, 0.6) is 0 Å². The van der Waals surface area contributed by atoms with Crippen molar-refractivity contribution in [2.24, 2.45) is 11.3 Å². The fourth-order valence-corrected chi connectivity index (χ4v) is 1.45. The molecule has 0 atom stereocenters. The number of nitrogens with one attached hydrogen (secondary N) is 2. The molecule has 1 rings (SSSR count). The van der Waals surface area contributed by atoms with Gasteiger partial charge in [-0.25, -0.2) is 0 Å². The number of carbonyl (C=O) groups excluding carboxylic acids is 1. The average Bonchev–Trinajstić information content (AvgIpc) is 2.37. The molecule has 1 aromatic heterocycles. The first kappa shape index (κ1) is 15.5. The van der Waals surface area contributed by atoms with Crippen LogP contribution in [0.4, 0.5) is 5.69 Å². The second-order valence-corrected chi connectivity index (χ2v) is 5.79. The molecule has 0 spiro atoms. The topological polar surface area (TPSA) is 54.0 Å². The van der Waals surface area contributed by atoms with E-state index in [1.54, 1.807) is 12.3 Å². The lowest BCUT2D eigenvalue weighted by atomic mass is 9.81. The lowest BCUT2D eigenvalue weighted by Gasteiger charge is -2.29. The third kappa shape index (κ3) is 4.54. The van der Waals surface area contributed by atoms with Crippen molar-refractivity contribution in [2.45, 2.75) is 34.6 Å². The van der Waals surface area contributed by atoms with Gasteiger partial charge in [-0.1, -0.05) is 27.7 Å². The maximum Gasteiger partial charge on any atom is 0.269 e. The fourth-order valence-electron chi connectivity index (χ4n) is 1.45. The van der Waals surface area contributed by atoms with Crippen LogP contribution < -0.4 is 10.6 Å². The van der Waals surface area contributed by atoms with Gasteiger partial charge in [0.15, 0.2) is 0 Å². The molecule has 0 fully saturated rings. The van der Waals surface area contributed by atoms with Gasteiger partial charge in [0.25, 0.3) is 5.91 Å². The summed E-state index contributed by atoms with van der Waals surface area (Å²) in [7, 11) is 0. The van der Waals surface area contributed by atoms with Crippen LogP contribution in [-0.2, 0) is 0 Å². The van der Waals surface area contributed by atoms with Crippen molar-refractivity contribution < 1.29 is 4.79 Å². The van der Waals surface area contributed by atoms with Crippen LogP contribution in [0, 0.1) is 11.3 Å². The van der Waals surface area contributed by atoms with E-state index in [4.69, 9.17) is 0 Å².